The molecule has 42 heavy (non-hydrogen) atoms. The Balaban J connectivity index is 1.40. The molecule has 5 rings (SSSR count). The van der Waals surface area contributed by atoms with Crippen LogP contribution < -0.4 is 11.1 Å². The van der Waals surface area contributed by atoms with Gasteiger partial charge in [0.25, 0.3) is 5.91 Å². The van der Waals surface area contributed by atoms with Crippen LogP contribution in [-0.4, -0.2) is 35.4 Å². The number of primary amides is 1. The van der Waals surface area contributed by atoms with Crippen LogP contribution in [0.1, 0.15) is 45.9 Å². The molecule has 6 nitrogen and oxygen atoms in total. The molecule has 0 spiro atoms. The van der Waals surface area contributed by atoms with E-state index in [-0.39, 0.29) is 30.3 Å². The van der Waals surface area contributed by atoms with Gasteiger partial charge in [-0.15, -0.1) is 0 Å². The smallest absolute Gasteiger partial charge is 0.251 e. The van der Waals surface area contributed by atoms with Gasteiger partial charge in [-0.1, -0.05) is 42.5 Å². The topological polar surface area (TPSA) is 94.3 Å². The number of nitrogens with zero attached hydrogens (tertiary/aromatic N) is 1. The number of nitrogens with two attached hydrogens (primary N) is 1. The molecule has 3 atom stereocenters. The first kappa shape index (κ1) is 29.2. The van der Waals surface area contributed by atoms with Crippen LogP contribution in [0.3, 0.4) is 0 Å². The molecule has 9 heteroatoms. The van der Waals surface area contributed by atoms with Gasteiger partial charge in [-0.05, 0) is 59.9 Å². The summed E-state index contributed by atoms with van der Waals surface area (Å²) < 4.78 is 48.5. The maximum Gasteiger partial charge on any atom is 0.251 e. The maximum atomic E-state index is 14.2. The van der Waals surface area contributed by atoms with Crippen LogP contribution in [0.2, 0.25) is 0 Å². The molecule has 1 aromatic heterocycles. The van der Waals surface area contributed by atoms with Crippen LogP contribution in [0.4, 0.5) is 13.2 Å². The first-order chi connectivity index (χ1) is 20.3. The third-order valence-electron chi connectivity index (χ3n) is 7.43. The fourth-order valence-electron chi connectivity index (χ4n) is 5.40. The molecule has 1 aliphatic heterocycles. The minimum Gasteiger partial charge on any atom is -0.372 e. The van der Waals surface area contributed by atoms with E-state index in [2.05, 4.69) is 10.3 Å². The Morgan fingerprint density at radius 2 is 1.71 bits per heavy atom. The summed E-state index contributed by atoms with van der Waals surface area (Å²) in [4.78, 5) is 30.0. The van der Waals surface area contributed by atoms with E-state index < -0.39 is 35.3 Å². The van der Waals surface area contributed by atoms with E-state index in [1.807, 2.05) is 30.3 Å². The van der Waals surface area contributed by atoms with Crippen LogP contribution >= 0.6 is 0 Å². The summed E-state index contributed by atoms with van der Waals surface area (Å²) in [6.45, 7) is 0.952. The Morgan fingerprint density at radius 1 is 0.952 bits per heavy atom. The number of amides is 1. The van der Waals surface area contributed by atoms with Crippen LogP contribution in [0.25, 0.3) is 11.1 Å². The highest BCUT2D eigenvalue weighted by molar-refractivity contribution is 5.94. The molecule has 3 N–H and O–H groups in total. The molecule has 1 aliphatic rings. The minimum atomic E-state index is -0.918. The lowest BCUT2D eigenvalue weighted by atomic mass is 9.85. The molecule has 0 radical (unpaired) electrons. The number of Topliss-reactive ketones (excluding diaryl/α,β-unsaturated/α-hetero) is 1. The van der Waals surface area contributed by atoms with E-state index in [4.69, 9.17) is 10.5 Å². The van der Waals surface area contributed by atoms with Gasteiger partial charge in [-0.3, -0.25) is 14.6 Å². The minimum absolute atomic E-state index is 0.0229. The molecule has 3 aromatic carbocycles. The summed E-state index contributed by atoms with van der Waals surface area (Å²) in [7, 11) is 0. The molecule has 0 unspecified atom stereocenters. The van der Waals surface area contributed by atoms with Gasteiger partial charge in [-0.2, -0.15) is 0 Å². The average molecular weight is 574 g/mol. The number of pyridine rings is 1. The average Bonchev–Trinajstić information content (AvgIpc) is 3.45. The van der Waals surface area contributed by atoms with Crippen LogP contribution in [0.5, 0.6) is 0 Å². The van der Waals surface area contributed by atoms with Crippen LogP contribution in [-0.2, 0) is 22.6 Å². The van der Waals surface area contributed by atoms with Gasteiger partial charge in [0.15, 0.2) is 5.78 Å². The SMILES string of the molecule is NC(=O)c1cc(-c2cccnc2[C@@H](CC(=O)[C@@H]2C[C@@H](OCc3ccccc3)CN2)Cc2cc(F)cc(F)c2)ccc1F. The van der Waals surface area contributed by atoms with E-state index in [0.29, 0.717) is 42.0 Å². The molecule has 0 aliphatic carbocycles. The Kier molecular flexibility index (Phi) is 9.09. The zero-order chi connectivity index (χ0) is 29.6. The largest absolute Gasteiger partial charge is 0.372 e. The van der Waals surface area contributed by atoms with Crippen molar-refractivity contribution >= 4 is 11.7 Å². The number of halogens is 3. The number of nitrogens with one attached hydrogen (secondary N) is 1. The molecule has 0 saturated carbocycles. The fraction of sp³-hybridized carbons (Fsp3) is 0.242. The number of aromatic nitrogens is 1. The van der Waals surface area contributed by atoms with Gasteiger partial charge in [0.05, 0.1) is 30.0 Å². The third kappa shape index (κ3) is 7.10. The van der Waals surface area contributed by atoms with Crippen molar-refractivity contribution in [2.24, 2.45) is 5.73 Å². The van der Waals surface area contributed by atoms with Gasteiger partial charge >= 0.3 is 0 Å². The second kappa shape index (κ2) is 13.1. The third-order valence-corrected chi connectivity index (χ3v) is 7.43. The number of ketones is 1. The van der Waals surface area contributed by atoms with E-state index in [9.17, 15) is 22.8 Å². The van der Waals surface area contributed by atoms with Crippen molar-refractivity contribution in [2.45, 2.75) is 43.9 Å². The number of hydrogen-bond donors (Lipinski definition) is 2. The molecule has 4 aromatic rings. The summed E-state index contributed by atoms with van der Waals surface area (Å²) in [5.41, 5.74) is 8.00. The van der Waals surface area contributed by atoms with E-state index in [1.165, 1.54) is 24.3 Å². The first-order valence-corrected chi connectivity index (χ1v) is 13.7. The summed E-state index contributed by atoms with van der Waals surface area (Å²) in [6, 6.07) is 20.0. The van der Waals surface area contributed by atoms with Crippen molar-refractivity contribution in [1.82, 2.24) is 10.3 Å². The van der Waals surface area contributed by atoms with Crippen LogP contribution in [0, 0.1) is 17.5 Å². The van der Waals surface area contributed by atoms with Crippen molar-refractivity contribution in [2.75, 3.05) is 6.54 Å². The normalized spacial score (nSPS) is 17.2. The van der Waals surface area contributed by atoms with Crippen LogP contribution in [0.15, 0.2) is 85.1 Å². The summed E-state index contributed by atoms with van der Waals surface area (Å²) >= 11 is 0. The zero-order valence-corrected chi connectivity index (χ0v) is 22.7. The highest BCUT2D eigenvalue weighted by Gasteiger charge is 2.32. The predicted octanol–water partition coefficient (Wildman–Crippen LogP) is 5.50. The Bertz CT molecular complexity index is 1560. The van der Waals surface area contributed by atoms with Gasteiger partial charge in [-0.25, -0.2) is 13.2 Å². The summed E-state index contributed by atoms with van der Waals surface area (Å²) in [5, 5.41) is 3.25. The van der Waals surface area contributed by atoms with E-state index >= 15 is 0 Å². The van der Waals surface area contributed by atoms with E-state index in [1.54, 1.807) is 18.3 Å². The number of rotatable bonds is 11. The van der Waals surface area contributed by atoms with Crippen molar-refractivity contribution in [1.29, 1.82) is 0 Å². The Morgan fingerprint density at radius 3 is 2.45 bits per heavy atom. The molecule has 1 fully saturated rings. The van der Waals surface area contributed by atoms with Crippen molar-refractivity contribution in [3.63, 3.8) is 0 Å². The number of carbonyl (C=O) groups excluding carboxylic acids is 2. The number of hydrogen-bond acceptors (Lipinski definition) is 5. The second-order valence-corrected chi connectivity index (χ2v) is 10.5. The highest BCUT2D eigenvalue weighted by atomic mass is 19.1. The number of ether oxygens (including phenoxy) is 1. The van der Waals surface area contributed by atoms with Crippen molar-refractivity contribution in [3.8, 4) is 11.1 Å². The molecular weight excluding hydrogens is 543 g/mol. The van der Waals surface area contributed by atoms with Gasteiger partial charge in [0.2, 0.25) is 0 Å². The summed E-state index contributed by atoms with van der Waals surface area (Å²) in [5.74, 6) is -3.79. The standard InChI is InChI=1S/C33H30F3N3O3/c34-24-12-21(13-25(35)16-24)11-23(15-31(40)30-17-26(18-39-30)42-19-20-5-2-1-3-6-20)32-27(7-4-10-38-32)22-8-9-29(36)28(14-22)33(37)41/h1-10,12-14,16,23,26,30,39H,11,15,17-19H2,(H2,37,41)/t23-,26-,30+/m1/s1. The molecular formula is C33H30F3N3O3. The number of benzene rings is 3. The van der Waals surface area contributed by atoms with Gasteiger partial charge in [0.1, 0.15) is 17.5 Å². The van der Waals surface area contributed by atoms with Gasteiger partial charge < -0.3 is 15.8 Å². The number of carbonyl (C=O) groups is 2. The second-order valence-electron chi connectivity index (χ2n) is 10.5. The monoisotopic (exact) mass is 573 g/mol. The Hall–Kier alpha value is -4.34. The molecule has 2 heterocycles. The lowest BCUT2D eigenvalue weighted by Crippen LogP contribution is -2.32. The highest BCUT2D eigenvalue weighted by Crippen LogP contribution is 2.34. The van der Waals surface area contributed by atoms with E-state index in [0.717, 1.165) is 17.7 Å². The predicted molar refractivity (Wildman–Crippen MR) is 152 cm³/mol. The Labute approximate surface area is 241 Å². The molecule has 1 amide bonds. The molecule has 1 saturated heterocycles. The fourth-order valence-corrected chi connectivity index (χ4v) is 5.40. The zero-order valence-electron chi connectivity index (χ0n) is 22.7. The molecule has 0 bridgehead atoms. The molecule has 216 valence electrons. The lowest BCUT2D eigenvalue weighted by molar-refractivity contribution is -0.121. The van der Waals surface area contributed by atoms with Crippen molar-refractivity contribution in [3.05, 3.63) is 125 Å². The first-order valence-electron chi connectivity index (χ1n) is 13.7. The van der Waals surface area contributed by atoms with Gasteiger partial charge in [0, 0.05) is 36.7 Å². The maximum absolute atomic E-state index is 14.2. The van der Waals surface area contributed by atoms with Crippen molar-refractivity contribution < 1.29 is 27.5 Å². The summed E-state index contributed by atoms with van der Waals surface area (Å²) in [6.07, 6.45) is 2.04. The quantitative estimate of drug-likeness (QED) is 0.247. The lowest BCUT2D eigenvalue weighted by Gasteiger charge is -2.21.